The molecule has 2 aromatic heterocycles. The molecular formula is C13H15BrN4. The molecule has 1 unspecified atom stereocenters. The average Bonchev–Trinajstić information content (AvgIpc) is 2.83. The summed E-state index contributed by atoms with van der Waals surface area (Å²) >= 11 is 3.40. The van der Waals surface area contributed by atoms with Crippen LogP contribution in [-0.2, 0) is 6.42 Å². The zero-order chi connectivity index (χ0) is 12.5. The van der Waals surface area contributed by atoms with Gasteiger partial charge in [0.2, 0.25) is 0 Å². The van der Waals surface area contributed by atoms with E-state index in [1.807, 2.05) is 36.3 Å². The van der Waals surface area contributed by atoms with Gasteiger partial charge in [0.15, 0.2) is 5.82 Å². The van der Waals surface area contributed by atoms with Gasteiger partial charge in [-0.05, 0) is 54.4 Å². The van der Waals surface area contributed by atoms with E-state index in [0.29, 0.717) is 6.04 Å². The summed E-state index contributed by atoms with van der Waals surface area (Å²) in [5.41, 5.74) is 2.60. The molecule has 0 spiro atoms. The molecule has 0 bridgehead atoms. The number of fused-ring (bicyclic) bond motifs is 1. The molecule has 1 atom stereocenters. The van der Waals surface area contributed by atoms with Gasteiger partial charge in [-0.1, -0.05) is 0 Å². The van der Waals surface area contributed by atoms with Gasteiger partial charge in [-0.25, -0.2) is 9.67 Å². The maximum Gasteiger partial charge on any atom is 0.153 e. The molecule has 5 heteroatoms. The van der Waals surface area contributed by atoms with Gasteiger partial charge < -0.3 is 5.32 Å². The van der Waals surface area contributed by atoms with E-state index in [2.05, 4.69) is 31.3 Å². The Kier molecular flexibility index (Phi) is 3.18. The number of hydrogen-bond donors (Lipinski definition) is 1. The van der Waals surface area contributed by atoms with Gasteiger partial charge in [-0.15, -0.1) is 0 Å². The first-order chi connectivity index (χ1) is 8.79. The van der Waals surface area contributed by atoms with Crippen molar-refractivity contribution in [1.29, 1.82) is 0 Å². The van der Waals surface area contributed by atoms with Crippen LogP contribution in [0.2, 0.25) is 0 Å². The van der Waals surface area contributed by atoms with Crippen LogP contribution in [0.1, 0.15) is 30.1 Å². The molecule has 94 valence electrons. The van der Waals surface area contributed by atoms with Crippen LogP contribution in [0.5, 0.6) is 0 Å². The molecule has 18 heavy (non-hydrogen) atoms. The highest BCUT2D eigenvalue weighted by atomic mass is 79.9. The number of halogens is 1. The van der Waals surface area contributed by atoms with Crippen molar-refractivity contribution in [1.82, 2.24) is 20.1 Å². The summed E-state index contributed by atoms with van der Waals surface area (Å²) in [6.07, 6.45) is 7.23. The van der Waals surface area contributed by atoms with E-state index in [9.17, 15) is 0 Å². The quantitative estimate of drug-likeness (QED) is 0.927. The number of nitrogens with one attached hydrogen (secondary N) is 1. The lowest BCUT2D eigenvalue weighted by Gasteiger charge is -2.22. The number of pyridine rings is 1. The van der Waals surface area contributed by atoms with Crippen molar-refractivity contribution in [3.63, 3.8) is 0 Å². The minimum absolute atomic E-state index is 0.429. The Morgan fingerprint density at radius 3 is 3.00 bits per heavy atom. The number of nitrogens with zero attached hydrogens (tertiary/aromatic N) is 3. The lowest BCUT2D eigenvalue weighted by Crippen LogP contribution is -2.21. The second kappa shape index (κ2) is 4.82. The molecule has 1 aliphatic rings. The van der Waals surface area contributed by atoms with Gasteiger partial charge in [-0.2, -0.15) is 5.10 Å². The summed E-state index contributed by atoms with van der Waals surface area (Å²) in [5.74, 6) is 0.885. The number of hydrogen-bond acceptors (Lipinski definition) is 3. The monoisotopic (exact) mass is 306 g/mol. The minimum Gasteiger partial charge on any atom is -0.313 e. The summed E-state index contributed by atoms with van der Waals surface area (Å²) < 4.78 is 2.95. The molecular weight excluding hydrogens is 292 g/mol. The summed E-state index contributed by atoms with van der Waals surface area (Å²) in [5, 5.41) is 7.85. The van der Waals surface area contributed by atoms with Crippen molar-refractivity contribution in [2.24, 2.45) is 0 Å². The van der Waals surface area contributed by atoms with E-state index in [1.165, 1.54) is 24.1 Å². The van der Waals surface area contributed by atoms with Crippen LogP contribution < -0.4 is 5.32 Å². The van der Waals surface area contributed by atoms with Crippen molar-refractivity contribution < 1.29 is 0 Å². The third-order valence-electron chi connectivity index (χ3n) is 3.46. The maximum atomic E-state index is 4.49. The fourth-order valence-electron chi connectivity index (χ4n) is 2.55. The molecule has 0 aromatic carbocycles. The molecule has 1 N–H and O–H groups in total. The lowest BCUT2D eigenvalue weighted by molar-refractivity contribution is 0.489. The van der Waals surface area contributed by atoms with E-state index >= 15 is 0 Å². The Balaban J connectivity index is 2.04. The zero-order valence-electron chi connectivity index (χ0n) is 10.2. The largest absolute Gasteiger partial charge is 0.313 e. The van der Waals surface area contributed by atoms with Gasteiger partial charge >= 0.3 is 0 Å². The SMILES string of the molecule is CNC1CCCc2c1cnn2-c1ccc(Br)cn1. The van der Waals surface area contributed by atoms with Crippen molar-refractivity contribution in [2.75, 3.05) is 7.05 Å². The van der Waals surface area contributed by atoms with E-state index in [0.717, 1.165) is 16.7 Å². The van der Waals surface area contributed by atoms with Crippen LogP contribution in [0.15, 0.2) is 29.0 Å². The highest BCUT2D eigenvalue weighted by Gasteiger charge is 2.23. The predicted octanol–water partition coefficient (Wildman–Crippen LogP) is 2.63. The smallest absolute Gasteiger partial charge is 0.153 e. The van der Waals surface area contributed by atoms with Crippen LogP contribution >= 0.6 is 15.9 Å². The van der Waals surface area contributed by atoms with Crippen molar-refractivity contribution in [3.8, 4) is 5.82 Å². The summed E-state index contributed by atoms with van der Waals surface area (Å²) in [6, 6.07) is 4.41. The topological polar surface area (TPSA) is 42.7 Å². The first kappa shape index (κ1) is 11.9. The van der Waals surface area contributed by atoms with Gasteiger partial charge in [0.05, 0.1) is 11.9 Å². The fraction of sp³-hybridized carbons (Fsp3) is 0.385. The molecule has 0 aliphatic heterocycles. The van der Waals surface area contributed by atoms with Crippen molar-refractivity contribution >= 4 is 15.9 Å². The third-order valence-corrected chi connectivity index (χ3v) is 3.93. The van der Waals surface area contributed by atoms with E-state index in [-0.39, 0.29) is 0 Å². The highest BCUT2D eigenvalue weighted by molar-refractivity contribution is 9.10. The second-order valence-electron chi connectivity index (χ2n) is 4.53. The molecule has 2 heterocycles. The normalized spacial score (nSPS) is 18.7. The molecule has 2 aromatic rings. The van der Waals surface area contributed by atoms with E-state index < -0.39 is 0 Å². The fourth-order valence-corrected chi connectivity index (χ4v) is 2.78. The molecule has 0 fully saturated rings. The Hall–Kier alpha value is -1.20. The molecule has 0 amide bonds. The standard InChI is InChI=1S/C13H15BrN4/c1-15-11-3-2-4-12-10(11)8-17-18(12)13-6-5-9(14)7-16-13/h5-8,11,15H,2-4H2,1H3. The number of rotatable bonds is 2. The molecule has 3 rings (SSSR count). The van der Waals surface area contributed by atoms with Gasteiger partial charge in [0.25, 0.3) is 0 Å². The lowest BCUT2D eigenvalue weighted by atomic mass is 9.93. The van der Waals surface area contributed by atoms with Crippen LogP contribution in [0, 0.1) is 0 Å². The van der Waals surface area contributed by atoms with Crippen LogP contribution in [0.4, 0.5) is 0 Å². The Labute approximate surface area is 115 Å². The zero-order valence-corrected chi connectivity index (χ0v) is 11.8. The average molecular weight is 307 g/mol. The first-order valence-corrected chi connectivity index (χ1v) is 6.95. The number of aromatic nitrogens is 3. The molecule has 1 aliphatic carbocycles. The van der Waals surface area contributed by atoms with Gasteiger partial charge in [0.1, 0.15) is 0 Å². The first-order valence-electron chi connectivity index (χ1n) is 6.15. The van der Waals surface area contributed by atoms with E-state index in [1.54, 1.807) is 0 Å². The van der Waals surface area contributed by atoms with Gasteiger partial charge in [-0.3, -0.25) is 0 Å². The van der Waals surface area contributed by atoms with Crippen molar-refractivity contribution in [2.45, 2.75) is 25.3 Å². The van der Waals surface area contributed by atoms with Crippen molar-refractivity contribution in [3.05, 3.63) is 40.3 Å². The Bertz CT molecular complexity index is 547. The van der Waals surface area contributed by atoms with Gasteiger partial charge in [0, 0.05) is 22.3 Å². The van der Waals surface area contributed by atoms with Crippen LogP contribution in [0.3, 0.4) is 0 Å². The molecule has 4 nitrogen and oxygen atoms in total. The molecule has 0 radical (unpaired) electrons. The summed E-state index contributed by atoms with van der Waals surface area (Å²) in [4.78, 5) is 4.41. The van der Waals surface area contributed by atoms with Crippen LogP contribution in [-0.4, -0.2) is 21.8 Å². The van der Waals surface area contributed by atoms with E-state index in [4.69, 9.17) is 0 Å². The maximum absolute atomic E-state index is 4.49. The Morgan fingerprint density at radius 1 is 1.39 bits per heavy atom. The second-order valence-corrected chi connectivity index (χ2v) is 5.44. The predicted molar refractivity (Wildman–Crippen MR) is 73.8 cm³/mol. The third kappa shape index (κ3) is 1.97. The highest BCUT2D eigenvalue weighted by Crippen LogP contribution is 2.30. The summed E-state index contributed by atoms with van der Waals surface area (Å²) in [6.45, 7) is 0. The molecule has 0 saturated carbocycles. The Morgan fingerprint density at radius 2 is 2.28 bits per heavy atom. The summed E-state index contributed by atoms with van der Waals surface area (Å²) in [7, 11) is 2.01. The minimum atomic E-state index is 0.429. The molecule has 0 saturated heterocycles. The van der Waals surface area contributed by atoms with Crippen LogP contribution in [0.25, 0.3) is 5.82 Å².